The van der Waals surface area contributed by atoms with E-state index >= 15 is 0 Å². The minimum absolute atomic E-state index is 0.0691. The summed E-state index contributed by atoms with van der Waals surface area (Å²) in [5.74, 6) is -1.75. The van der Waals surface area contributed by atoms with Gasteiger partial charge in [0.15, 0.2) is 15.8 Å². The molecule has 0 heterocycles. The van der Waals surface area contributed by atoms with Gasteiger partial charge in [-0.15, -0.1) is 0 Å². The smallest absolute Gasteiger partial charge is 0.280 e. The summed E-state index contributed by atoms with van der Waals surface area (Å²) in [6, 6.07) is 10.5. The quantitative estimate of drug-likeness (QED) is 0.634. The highest BCUT2D eigenvalue weighted by molar-refractivity contribution is 7.91. The standard InChI is InChI=1S/C16H15F2N3O3S/c1-25(23,24)13-10(9-5-3-2-4-6-9)7-8-11(12(13)14(17)18)15(22)21-16(19)20/h2-8,14H,1H3,(H4,19,20,21,22). The molecule has 0 atom stereocenters. The fourth-order valence-corrected chi connectivity index (χ4v) is 3.61. The molecule has 0 aromatic heterocycles. The number of guanidine groups is 1. The number of carbonyl (C=O) groups is 1. The Hall–Kier alpha value is -2.81. The number of nitrogens with two attached hydrogens (primary N) is 2. The van der Waals surface area contributed by atoms with Crippen LogP contribution in [0.25, 0.3) is 11.1 Å². The lowest BCUT2D eigenvalue weighted by Crippen LogP contribution is -2.24. The monoisotopic (exact) mass is 367 g/mol. The first-order valence-corrected chi connectivity index (χ1v) is 8.86. The molecule has 0 radical (unpaired) electrons. The molecule has 0 bridgehead atoms. The van der Waals surface area contributed by atoms with Crippen LogP contribution >= 0.6 is 0 Å². The van der Waals surface area contributed by atoms with Crippen LogP contribution in [0.3, 0.4) is 0 Å². The van der Waals surface area contributed by atoms with E-state index in [1.807, 2.05) is 0 Å². The van der Waals surface area contributed by atoms with Crippen LogP contribution in [0.15, 0.2) is 52.4 Å². The normalized spacial score (nSPS) is 11.4. The molecule has 2 aromatic rings. The second-order valence-electron chi connectivity index (χ2n) is 5.18. The predicted molar refractivity (Wildman–Crippen MR) is 90.1 cm³/mol. The Morgan fingerprint density at radius 3 is 2.16 bits per heavy atom. The van der Waals surface area contributed by atoms with Gasteiger partial charge in [0.2, 0.25) is 0 Å². The van der Waals surface area contributed by atoms with Gasteiger partial charge in [-0.1, -0.05) is 36.4 Å². The largest absolute Gasteiger partial charge is 0.370 e. The van der Waals surface area contributed by atoms with Crippen molar-refractivity contribution in [2.45, 2.75) is 11.3 Å². The molecule has 9 heteroatoms. The molecule has 132 valence electrons. The van der Waals surface area contributed by atoms with E-state index in [0.717, 1.165) is 12.3 Å². The molecular weight excluding hydrogens is 352 g/mol. The zero-order valence-corrected chi connectivity index (χ0v) is 13.9. The van der Waals surface area contributed by atoms with Crippen molar-refractivity contribution in [3.63, 3.8) is 0 Å². The molecule has 0 fully saturated rings. The van der Waals surface area contributed by atoms with Crippen LogP contribution < -0.4 is 11.5 Å². The van der Waals surface area contributed by atoms with Crippen molar-refractivity contribution >= 4 is 21.7 Å². The maximum absolute atomic E-state index is 13.7. The Balaban J connectivity index is 2.90. The van der Waals surface area contributed by atoms with Gasteiger partial charge in [-0.25, -0.2) is 17.2 Å². The summed E-state index contributed by atoms with van der Waals surface area (Å²) in [5, 5.41) is 0. The lowest BCUT2D eigenvalue weighted by Gasteiger charge is -2.16. The van der Waals surface area contributed by atoms with Crippen molar-refractivity contribution < 1.29 is 22.0 Å². The van der Waals surface area contributed by atoms with Gasteiger partial charge in [-0.2, -0.15) is 4.99 Å². The molecule has 25 heavy (non-hydrogen) atoms. The zero-order chi connectivity index (χ0) is 18.8. The molecule has 0 aliphatic rings. The average molecular weight is 367 g/mol. The highest BCUT2D eigenvalue weighted by atomic mass is 32.2. The third kappa shape index (κ3) is 4.00. The van der Waals surface area contributed by atoms with E-state index in [2.05, 4.69) is 4.99 Å². The second-order valence-corrected chi connectivity index (χ2v) is 7.14. The minimum Gasteiger partial charge on any atom is -0.370 e. The van der Waals surface area contributed by atoms with Crippen molar-refractivity contribution in [3.05, 3.63) is 53.6 Å². The number of alkyl halides is 2. The lowest BCUT2D eigenvalue weighted by atomic mass is 9.98. The molecular formula is C16H15F2N3O3S. The van der Waals surface area contributed by atoms with Crippen LogP contribution in [-0.4, -0.2) is 26.5 Å². The summed E-state index contributed by atoms with van der Waals surface area (Å²) in [6.45, 7) is 0. The number of aliphatic imine (C=N–C) groups is 1. The van der Waals surface area contributed by atoms with Crippen LogP contribution in [0.4, 0.5) is 8.78 Å². The summed E-state index contributed by atoms with van der Waals surface area (Å²) in [5.41, 5.74) is 9.21. The van der Waals surface area contributed by atoms with E-state index in [0.29, 0.717) is 5.56 Å². The molecule has 6 nitrogen and oxygen atoms in total. The molecule has 0 spiro atoms. The molecule has 2 rings (SSSR count). The number of hydrogen-bond acceptors (Lipinski definition) is 3. The summed E-state index contributed by atoms with van der Waals surface area (Å²) in [6.07, 6.45) is -2.42. The highest BCUT2D eigenvalue weighted by Gasteiger charge is 2.30. The number of carbonyl (C=O) groups excluding carboxylic acids is 1. The minimum atomic E-state index is -4.08. The van der Waals surface area contributed by atoms with Gasteiger partial charge in [0.05, 0.1) is 10.5 Å². The van der Waals surface area contributed by atoms with Crippen LogP contribution in [0.2, 0.25) is 0 Å². The topological polar surface area (TPSA) is 116 Å². The van der Waals surface area contributed by atoms with E-state index in [1.54, 1.807) is 30.3 Å². The Morgan fingerprint density at radius 1 is 1.08 bits per heavy atom. The van der Waals surface area contributed by atoms with Crippen LogP contribution in [0, 0.1) is 0 Å². The van der Waals surface area contributed by atoms with Gasteiger partial charge in [-0.3, -0.25) is 4.79 Å². The molecule has 0 aliphatic carbocycles. The summed E-state index contributed by atoms with van der Waals surface area (Å²) in [4.78, 5) is 14.6. The number of halogens is 2. The highest BCUT2D eigenvalue weighted by Crippen LogP contribution is 2.37. The van der Waals surface area contributed by atoms with Crippen LogP contribution in [0.1, 0.15) is 22.3 Å². The van der Waals surface area contributed by atoms with Crippen LogP contribution in [0.5, 0.6) is 0 Å². The number of nitrogens with zero attached hydrogens (tertiary/aromatic N) is 1. The number of benzene rings is 2. The summed E-state index contributed by atoms with van der Waals surface area (Å²) in [7, 11) is -4.08. The maximum atomic E-state index is 13.7. The zero-order valence-electron chi connectivity index (χ0n) is 13.1. The molecule has 0 saturated carbocycles. The van der Waals surface area contributed by atoms with Gasteiger partial charge in [0, 0.05) is 17.4 Å². The first-order chi connectivity index (χ1) is 11.6. The van der Waals surface area contributed by atoms with E-state index in [9.17, 15) is 22.0 Å². The Morgan fingerprint density at radius 2 is 1.68 bits per heavy atom. The van der Waals surface area contributed by atoms with Gasteiger partial charge < -0.3 is 11.5 Å². The van der Waals surface area contributed by atoms with Crippen molar-refractivity contribution in [3.8, 4) is 11.1 Å². The van der Waals surface area contributed by atoms with Crippen molar-refractivity contribution in [1.29, 1.82) is 0 Å². The number of amides is 1. The van der Waals surface area contributed by atoms with Crippen LogP contribution in [-0.2, 0) is 9.84 Å². The second kappa shape index (κ2) is 6.98. The van der Waals surface area contributed by atoms with E-state index in [1.165, 1.54) is 6.07 Å². The number of rotatable bonds is 4. The van der Waals surface area contributed by atoms with Gasteiger partial charge in [0.1, 0.15) is 0 Å². The lowest BCUT2D eigenvalue weighted by molar-refractivity contribution is 0.0986. The molecule has 0 unspecified atom stereocenters. The first-order valence-electron chi connectivity index (χ1n) is 6.97. The molecule has 0 aliphatic heterocycles. The van der Waals surface area contributed by atoms with E-state index in [4.69, 9.17) is 11.5 Å². The fourth-order valence-electron chi connectivity index (χ4n) is 2.42. The summed E-state index contributed by atoms with van der Waals surface area (Å²) < 4.78 is 51.8. The van der Waals surface area contributed by atoms with Gasteiger partial charge in [0.25, 0.3) is 12.3 Å². The molecule has 1 amide bonds. The molecule has 2 aromatic carbocycles. The predicted octanol–water partition coefficient (Wildman–Crippen LogP) is 2.11. The third-order valence-corrected chi connectivity index (χ3v) is 4.51. The average Bonchev–Trinajstić information content (AvgIpc) is 2.52. The third-order valence-electron chi connectivity index (χ3n) is 3.33. The van der Waals surface area contributed by atoms with Crippen molar-refractivity contribution in [1.82, 2.24) is 0 Å². The summed E-state index contributed by atoms with van der Waals surface area (Å²) >= 11 is 0. The van der Waals surface area contributed by atoms with Gasteiger partial charge in [-0.05, 0) is 11.6 Å². The van der Waals surface area contributed by atoms with Crippen molar-refractivity contribution in [2.24, 2.45) is 16.5 Å². The van der Waals surface area contributed by atoms with E-state index in [-0.39, 0.29) is 5.56 Å². The van der Waals surface area contributed by atoms with E-state index < -0.39 is 44.2 Å². The molecule has 0 saturated heterocycles. The Labute approximate surface area is 143 Å². The Bertz CT molecular complexity index is 939. The fraction of sp³-hybridized carbons (Fsp3) is 0.125. The number of sulfone groups is 1. The molecule has 4 N–H and O–H groups in total. The number of hydrogen-bond donors (Lipinski definition) is 2. The first kappa shape index (κ1) is 18.5. The SMILES string of the molecule is CS(=O)(=O)c1c(-c2ccccc2)ccc(C(=O)N=C(N)N)c1C(F)F. The maximum Gasteiger partial charge on any atom is 0.280 e. The Kier molecular flexibility index (Phi) is 5.17. The van der Waals surface area contributed by atoms with Gasteiger partial charge >= 0.3 is 0 Å². The van der Waals surface area contributed by atoms with Crippen molar-refractivity contribution in [2.75, 3.05) is 6.26 Å².